The third-order valence-corrected chi connectivity index (χ3v) is 2.98. The third kappa shape index (κ3) is 5.56. The molecule has 0 bridgehead atoms. The van der Waals surface area contributed by atoms with Gasteiger partial charge >= 0.3 is 0 Å². The summed E-state index contributed by atoms with van der Waals surface area (Å²) in [5, 5.41) is 8.81. The maximum atomic E-state index is 11.4. The molecule has 112 valence electrons. The van der Waals surface area contributed by atoms with Crippen LogP contribution in [0.1, 0.15) is 23.7 Å². The number of carbonyl (C=O) groups excluding carboxylic acids is 1. The van der Waals surface area contributed by atoms with Gasteiger partial charge in [-0.15, -0.1) is 0 Å². The van der Waals surface area contributed by atoms with Gasteiger partial charge in [0.1, 0.15) is 12.4 Å². The maximum absolute atomic E-state index is 11.4. The molecule has 0 atom stereocenters. The summed E-state index contributed by atoms with van der Waals surface area (Å²) in [7, 11) is 0. The van der Waals surface area contributed by atoms with Crippen LogP contribution in [0.15, 0.2) is 24.3 Å². The standard InChI is InChI=1S/C14H23N3O3/c1-2-17(7-4-9-18)8-10-20-13-6-3-5-12(11-13)14(19)16-15/h3,5-6,11,18H,2,4,7-10,15H2,1H3,(H,16,19). The van der Waals surface area contributed by atoms with Gasteiger partial charge < -0.3 is 14.7 Å². The average Bonchev–Trinajstić information content (AvgIpc) is 2.50. The Morgan fingerprint density at radius 3 is 2.90 bits per heavy atom. The Morgan fingerprint density at radius 1 is 1.45 bits per heavy atom. The number of nitrogens with one attached hydrogen (secondary N) is 1. The van der Waals surface area contributed by atoms with Crippen molar-refractivity contribution in [3.63, 3.8) is 0 Å². The van der Waals surface area contributed by atoms with Crippen LogP contribution >= 0.6 is 0 Å². The zero-order chi connectivity index (χ0) is 14.8. The van der Waals surface area contributed by atoms with Crippen LogP contribution in [0.3, 0.4) is 0 Å². The number of rotatable bonds is 9. The second kappa shape index (κ2) is 9.30. The molecule has 0 aliphatic heterocycles. The van der Waals surface area contributed by atoms with Gasteiger partial charge in [-0.2, -0.15) is 0 Å². The minimum Gasteiger partial charge on any atom is -0.492 e. The Hall–Kier alpha value is -1.63. The van der Waals surface area contributed by atoms with Gasteiger partial charge in [0.2, 0.25) is 0 Å². The molecule has 0 fully saturated rings. The van der Waals surface area contributed by atoms with Gasteiger partial charge in [0.05, 0.1) is 0 Å². The van der Waals surface area contributed by atoms with Crippen LogP contribution in [0.25, 0.3) is 0 Å². The Bertz CT molecular complexity index is 412. The summed E-state index contributed by atoms with van der Waals surface area (Å²) < 4.78 is 5.63. The molecule has 0 aliphatic rings. The highest BCUT2D eigenvalue weighted by Gasteiger charge is 2.05. The first-order valence-corrected chi connectivity index (χ1v) is 6.78. The van der Waals surface area contributed by atoms with Crippen molar-refractivity contribution in [1.29, 1.82) is 0 Å². The Labute approximate surface area is 119 Å². The summed E-state index contributed by atoms with van der Waals surface area (Å²) in [6, 6.07) is 6.89. The summed E-state index contributed by atoms with van der Waals surface area (Å²) in [6.07, 6.45) is 0.764. The fourth-order valence-electron chi connectivity index (χ4n) is 1.83. The first kappa shape index (κ1) is 16.4. The number of aliphatic hydroxyl groups excluding tert-OH is 1. The second-order valence-electron chi connectivity index (χ2n) is 4.36. The van der Waals surface area contributed by atoms with Gasteiger partial charge in [-0.3, -0.25) is 10.2 Å². The Balaban J connectivity index is 2.43. The molecular formula is C14H23N3O3. The van der Waals surface area contributed by atoms with Crippen molar-refractivity contribution in [2.45, 2.75) is 13.3 Å². The molecule has 0 radical (unpaired) electrons. The zero-order valence-corrected chi connectivity index (χ0v) is 11.8. The number of hydrogen-bond donors (Lipinski definition) is 3. The number of likely N-dealkylation sites (N-methyl/N-ethyl adjacent to an activating group) is 1. The van der Waals surface area contributed by atoms with Crippen LogP contribution in [0.5, 0.6) is 5.75 Å². The number of aliphatic hydroxyl groups is 1. The first-order valence-electron chi connectivity index (χ1n) is 6.78. The van der Waals surface area contributed by atoms with Crippen molar-refractivity contribution in [3.05, 3.63) is 29.8 Å². The van der Waals surface area contributed by atoms with Gasteiger partial charge in [0, 0.05) is 25.3 Å². The lowest BCUT2D eigenvalue weighted by Crippen LogP contribution is -2.30. The monoisotopic (exact) mass is 281 g/mol. The van der Waals surface area contributed by atoms with Crippen molar-refractivity contribution < 1.29 is 14.6 Å². The molecule has 0 saturated carbocycles. The molecular weight excluding hydrogens is 258 g/mol. The largest absolute Gasteiger partial charge is 0.492 e. The molecule has 1 aromatic rings. The van der Waals surface area contributed by atoms with E-state index in [2.05, 4.69) is 17.2 Å². The maximum Gasteiger partial charge on any atom is 0.265 e. The summed E-state index contributed by atoms with van der Waals surface area (Å²) in [4.78, 5) is 13.6. The molecule has 1 aromatic carbocycles. The molecule has 20 heavy (non-hydrogen) atoms. The summed E-state index contributed by atoms with van der Waals surface area (Å²) in [5.41, 5.74) is 2.56. The van der Waals surface area contributed by atoms with Gasteiger partial charge in [0.15, 0.2) is 0 Å². The van der Waals surface area contributed by atoms with Crippen molar-refractivity contribution >= 4 is 5.91 Å². The van der Waals surface area contributed by atoms with E-state index in [9.17, 15) is 4.79 Å². The lowest BCUT2D eigenvalue weighted by atomic mass is 10.2. The molecule has 6 nitrogen and oxygen atoms in total. The normalized spacial score (nSPS) is 10.6. The lowest BCUT2D eigenvalue weighted by molar-refractivity contribution is 0.0953. The van der Waals surface area contributed by atoms with E-state index in [1.165, 1.54) is 0 Å². The third-order valence-electron chi connectivity index (χ3n) is 2.98. The zero-order valence-electron chi connectivity index (χ0n) is 11.8. The van der Waals surface area contributed by atoms with Crippen LogP contribution < -0.4 is 16.0 Å². The molecule has 0 unspecified atom stereocenters. The number of carbonyl (C=O) groups is 1. The highest BCUT2D eigenvalue weighted by atomic mass is 16.5. The van der Waals surface area contributed by atoms with Crippen LogP contribution in [0.4, 0.5) is 0 Å². The fourth-order valence-corrected chi connectivity index (χ4v) is 1.83. The van der Waals surface area contributed by atoms with E-state index in [0.717, 1.165) is 26.1 Å². The molecule has 1 amide bonds. The van der Waals surface area contributed by atoms with E-state index in [4.69, 9.17) is 15.7 Å². The van der Waals surface area contributed by atoms with Gasteiger partial charge in [-0.05, 0) is 31.2 Å². The van der Waals surface area contributed by atoms with E-state index in [1.54, 1.807) is 24.3 Å². The number of benzene rings is 1. The SMILES string of the molecule is CCN(CCCO)CCOc1cccc(C(=O)NN)c1. The molecule has 6 heteroatoms. The number of ether oxygens (including phenoxy) is 1. The minimum absolute atomic E-state index is 0.202. The number of nitrogen functional groups attached to an aromatic ring is 1. The number of hydrazine groups is 1. The second-order valence-corrected chi connectivity index (χ2v) is 4.36. The number of nitrogens with two attached hydrogens (primary N) is 1. The van der Waals surface area contributed by atoms with Crippen LogP contribution in [0, 0.1) is 0 Å². The first-order chi connectivity index (χ1) is 9.71. The molecule has 0 saturated heterocycles. The molecule has 0 heterocycles. The average molecular weight is 281 g/mol. The quantitative estimate of drug-likeness (QED) is 0.346. The summed E-state index contributed by atoms with van der Waals surface area (Å²) in [6.45, 7) is 5.36. The molecule has 0 aromatic heterocycles. The highest BCUT2D eigenvalue weighted by molar-refractivity contribution is 5.94. The van der Waals surface area contributed by atoms with Crippen LogP contribution in [-0.4, -0.2) is 48.8 Å². The fraction of sp³-hybridized carbons (Fsp3) is 0.500. The van der Waals surface area contributed by atoms with Crippen molar-refractivity contribution in [2.24, 2.45) is 5.84 Å². The van der Waals surface area contributed by atoms with E-state index in [-0.39, 0.29) is 12.5 Å². The number of hydrogen-bond acceptors (Lipinski definition) is 5. The van der Waals surface area contributed by atoms with Crippen LogP contribution in [0.2, 0.25) is 0 Å². The Kier molecular flexibility index (Phi) is 7.64. The number of nitrogens with zero attached hydrogens (tertiary/aromatic N) is 1. The van der Waals surface area contributed by atoms with E-state index < -0.39 is 0 Å². The minimum atomic E-state index is -0.339. The number of amides is 1. The molecule has 0 aliphatic carbocycles. The Morgan fingerprint density at radius 2 is 2.25 bits per heavy atom. The van der Waals surface area contributed by atoms with Gasteiger partial charge in [-0.1, -0.05) is 13.0 Å². The molecule has 0 spiro atoms. The topological polar surface area (TPSA) is 87.8 Å². The van der Waals surface area contributed by atoms with E-state index in [0.29, 0.717) is 17.9 Å². The lowest BCUT2D eigenvalue weighted by Gasteiger charge is -2.19. The smallest absolute Gasteiger partial charge is 0.265 e. The molecule has 1 rings (SSSR count). The summed E-state index contributed by atoms with van der Waals surface area (Å²) in [5.74, 6) is 5.39. The van der Waals surface area contributed by atoms with Crippen molar-refractivity contribution in [3.8, 4) is 5.75 Å². The van der Waals surface area contributed by atoms with Crippen LogP contribution in [-0.2, 0) is 0 Å². The van der Waals surface area contributed by atoms with Crippen molar-refractivity contribution in [1.82, 2.24) is 10.3 Å². The van der Waals surface area contributed by atoms with Gasteiger partial charge in [0.25, 0.3) is 5.91 Å². The molecule has 4 N–H and O–H groups in total. The van der Waals surface area contributed by atoms with E-state index in [1.807, 2.05) is 0 Å². The predicted molar refractivity (Wildman–Crippen MR) is 77.4 cm³/mol. The van der Waals surface area contributed by atoms with Crippen molar-refractivity contribution in [2.75, 3.05) is 32.8 Å². The highest BCUT2D eigenvalue weighted by Crippen LogP contribution is 2.13. The van der Waals surface area contributed by atoms with E-state index >= 15 is 0 Å². The predicted octanol–water partition coefficient (Wildman–Crippen LogP) is 0.373. The van der Waals surface area contributed by atoms with Gasteiger partial charge in [-0.25, -0.2) is 5.84 Å². The summed E-state index contributed by atoms with van der Waals surface area (Å²) >= 11 is 0.